The summed E-state index contributed by atoms with van der Waals surface area (Å²) in [6, 6.07) is 4.49. The molecule has 2 aliphatic heterocycles. The van der Waals surface area contributed by atoms with E-state index >= 15 is 0 Å². The van der Waals surface area contributed by atoms with E-state index in [2.05, 4.69) is 56.4 Å². The lowest BCUT2D eigenvalue weighted by molar-refractivity contribution is 0.190. The van der Waals surface area contributed by atoms with E-state index in [0.717, 1.165) is 38.5 Å². The summed E-state index contributed by atoms with van der Waals surface area (Å²) in [5, 5.41) is 8.96. The number of piperidine rings is 1. The van der Waals surface area contributed by atoms with Gasteiger partial charge >= 0.3 is 0 Å². The van der Waals surface area contributed by atoms with Crippen LogP contribution in [0, 0.1) is 5.92 Å². The summed E-state index contributed by atoms with van der Waals surface area (Å²) in [5.74, 6) is 3.75. The SMILES string of the molecule is CC(C)CCn1cccc1CN1CCC[C@@H](c2nnc3n2CCC3)C1. The smallest absolute Gasteiger partial charge is 0.137 e. The Bertz CT molecular complexity index is 699. The highest BCUT2D eigenvalue weighted by Gasteiger charge is 2.28. The Morgan fingerprint density at radius 3 is 3.00 bits per heavy atom. The summed E-state index contributed by atoms with van der Waals surface area (Å²) >= 11 is 0. The summed E-state index contributed by atoms with van der Waals surface area (Å²) in [4.78, 5) is 2.62. The average molecular weight is 342 g/mol. The van der Waals surface area contributed by atoms with Gasteiger partial charge in [0.05, 0.1) is 0 Å². The molecular formula is C20H31N5. The second kappa shape index (κ2) is 7.32. The summed E-state index contributed by atoms with van der Waals surface area (Å²) in [6.07, 6.45) is 8.34. The van der Waals surface area contributed by atoms with E-state index in [0.29, 0.717) is 5.92 Å². The second-order valence-electron chi connectivity index (χ2n) is 8.18. The van der Waals surface area contributed by atoms with Gasteiger partial charge in [-0.05, 0) is 50.3 Å². The fourth-order valence-corrected chi connectivity index (χ4v) is 4.32. The van der Waals surface area contributed by atoms with Crippen LogP contribution in [0.4, 0.5) is 0 Å². The number of nitrogens with zero attached hydrogens (tertiary/aromatic N) is 5. The molecule has 0 unspecified atom stereocenters. The molecule has 4 heterocycles. The van der Waals surface area contributed by atoms with E-state index in [-0.39, 0.29) is 0 Å². The fraction of sp³-hybridized carbons (Fsp3) is 0.700. The summed E-state index contributed by atoms with van der Waals surface area (Å²) in [5.41, 5.74) is 1.45. The van der Waals surface area contributed by atoms with Gasteiger partial charge in [0.1, 0.15) is 11.6 Å². The Morgan fingerprint density at radius 2 is 2.12 bits per heavy atom. The standard InChI is InChI=1S/C20H31N5/c1-16(2)9-13-24-11-4-7-18(24)15-23-10-3-6-17(14-23)20-22-21-19-8-5-12-25(19)20/h4,7,11,16-17H,3,5-6,8-10,12-15H2,1-2H3/t17-/m1/s1. The van der Waals surface area contributed by atoms with Gasteiger partial charge in [-0.2, -0.15) is 0 Å². The van der Waals surface area contributed by atoms with Crippen molar-refractivity contribution in [1.82, 2.24) is 24.2 Å². The maximum Gasteiger partial charge on any atom is 0.137 e. The van der Waals surface area contributed by atoms with Gasteiger partial charge in [-0.15, -0.1) is 10.2 Å². The third kappa shape index (κ3) is 3.66. The largest absolute Gasteiger partial charge is 0.350 e. The number of rotatable bonds is 6. The molecule has 0 saturated carbocycles. The molecule has 1 fully saturated rings. The van der Waals surface area contributed by atoms with E-state index in [1.54, 1.807) is 0 Å². The lowest BCUT2D eigenvalue weighted by atomic mass is 9.97. The third-order valence-electron chi connectivity index (χ3n) is 5.77. The predicted octanol–water partition coefficient (Wildman–Crippen LogP) is 3.45. The molecule has 0 amide bonds. The summed E-state index contributed by atoms with van der Waals surface area (Å²) in [6.45, 7) is 10.2. The molecule has 0 bridgehead atoms. The number of likely N-dealkylation sites (tertiary alicyclic amines) is 1. The van der Waals surface area contributed by atoms with Crippen LogP contribution in [0.15, 0.2) is 18.3 Å². The van der Waals surface area contributed by atoms with Crippen LogP contribution in [0.5, 0.6) is 0 Å². The maximum absolute atomic E-state index is 4.54. The van der Waals surface area contributed by atoms with Crippen LogP contribution in [0.1, 0.15) is 62.8 Å². The summed E-state index contributed by atoms with van der Waals surface area (Å²) < 4.78 is 4.83. The highest BCUT2D eigenvalue weighted by Crippen LogP contribution is 2.29. The molecular weight excluding hydrogens is 310 g/mol. The monoisotopic (exact) mass is 341 g/mol. The molecule has 2 aromatic heterocycles. The van der Waals surface area contributed by atoms with Crippen LogP contribution in [0.25, 0.3) is 0 Å². The molecule has 0 spiro atoms. The van der Waals surface area contributed by atoms with Gasteiger partial charge in [0.15, 0.2) is 0 Å². The molecule has 0 aliphatic carbocycles. The lowest BCUT2D eigenvalue weighted by Gasteiger charge is -2.32. The van der Waals surface area contributed by atoms with Crippen LogP contribution in [-0.4, -0.2) is 37.3 Å². The minimum absolute atomic E-state index is 0.548. The van der Waals surface area contributed by atoms with Crippen LogP contribution in [0.3, 0.4) is 0 Å². The minimum Gasteiger partial charge on any atom is -0.350 e. The molecule has 1 saturated heterocycles. The normalized spacial score (nSPS) is 21.2. The molecule has 0 N–H and O–H groups in total. The van der Waals surface area contributed by atoms with Crippen LogP contribution in [-0.2, 0) is 26.1 Å². The lowest BCUT2D eigenvalue weighted by Crippen LogP contribution is -2.35. The molecule has 2 aromatic rings. The minimum atomic E-state index is 0.548. The van der Waals surface area contributed by atoms with E-state index in [4.69, 9.17) is 0 Å². The zero-order valence-electron chi connectivity index (χ0n) is 15.7. The van der Waals surface area contributed by atoms with Gasteiger partial charge in [-0.1, -0.05) is 13.8 Å². The molecule has 136 valence electrons. The van der Waals surface area contributed by atoms with Crippen molar-refractivity contribution in [1.29, 1.82) is 0 Å². The van der Waals surface area contributed by atoms with Gasteiger partial charge in [-0.3, -0.25) is 4.90 Å². The number of hydrogen-bond donors (Lipinski definition) is 0. The Balaban J connectivity index is 1.41. The third-order valence-corrected chi connectivity index (χ3v) is 5.77. The predicted molar refractivity (Wildman–Crippen MR) is 99.5 cm³/mol. The van der Waals surface area contributed by atoms with E-state index in [1.165, 1.54) is 49.6 Å². The molecule has 1 atom stereocenters. The van der Waals surface area contributed by atoms with E-state index in [9.17, 15) is 0 Å². The first-order chi connectivity index (χ1) is 12.2. The maximum atomic E-state index is 4.54. The fourth-order valence-electron chi connectivity index (χ4n) is 4.32. The van der Waals surface area contributed by atoms with Crippen LogP contribution in [0.2, 0.25) is 0 Å². The van der Waals surface area contributed by atoms with Gasteiger partial charge in [-0.25, -0.2) is 0 Å². The van der Waals surface area contributed by atoms with Crippen LogP contribution >= 0.6 is 0 Å². The molecule has 25 heavy (non-hydrogen) atoms. The quantitative estimate of drug-likeness (QED) is 0.808. The average Bonchev–Trinajstić information content (AvgIpc) is 3.30. The van der Waals surface area contributed by atoms with Crippen LogP contribution < -0.4 is 0 Å². The number of aromatic nitrogens is 4. The highest BCUT2D eigenvalue weighted by atomic mass is 15.3. The zero-order chi connectivity index (χ0) is 17.2. The van der Waals surface area contributed by atoms with E-state index in [1.807, 2.05) is 0 Å². The number of fused-ring (bicyclic) bond motifs is 1. The van der Waals surface area contributed by atoms with Crippen molar-refractivity contribution in [3.8, 4) is 0 Å². The molecule has 4 rings (SSSR count). The van der Waals surface area contributed by atoms with Crippen molar-refractivity contribution in [2.45, 2.75) is 71.5 Å². The second-order valence-corrected chi connectivity index (χ2v) is 8.18. The van der Waals surface area contributed by atoms with Crippen molar-refractivity contribution in [3.05, 3.63) is 35.7 Å². The highest BCUT2D eigenvalue weighted by molar-refractivity contribution is 5.10. The number of aryl methyl sites for hydroxylation is 2. The Kier molecular flexibility index (Phi) is 4.93. The van der Waals surface area contributed by atoms with Crippen molar-refractivity contribution in [3.63, 3.8) is 0 Å². The molecule has 0 radical (unpaired) electrons. The van der Waals surface area contributed by atoms with Gasteiger partial charge in [0.25, 0.3) is 0 Å². The summed E-state index contributed by atoms with van der Waals surface area (Å²) in [7, 11) is 0. The molecule has 0 aromatic carbocycles. The first-order valence-corrected chi connectivity index (χ1v) is 9.99. The van der Waals surface area contributed by atoms with Gasteiger partial charge in [0.2, 0.25) is 0 Å². The first-order valence-electron chi connectivity index (χ1n) is 9.99. The zero-order valence-corrected chi connectivity index (χ0v) is 15.7. The number of hydrogen-bond acceptors (Lipinski definition) is 3. The van der Waals surface area contributed by atoms with Crippen molar-refractivity contribution in [2.24, 2.45) is 5.92 Å². The Labute approximate surface area is 151 Å². The van der Waals surface area contributed by atoms with Gasteiger partial charge < -0.3 is 9.13 Å². The Hall–Kier alpha value is -1.62. The van der Waals surface area contributed by atoms with Crippen molar-refractivity contribution >= 4 is 0 Å². The Morgan fingerprint density at radius 1 is 1.20 bits per heavy atom. The van der Waals surface area contributed by atoms with Crippen molar-refractivity contribution < 1.29 is 0 Å². The topological polar surface area (TPSA) is 38.9 Å². The first kappa shape index (κ1) is 16.8. The molecule has 5 nitrogen and oxygen atoms in total. The molecule has 5 heteroatoms. The van der Waals surface area contributed by atoms with Crippen molar-refractivity contribution in [2.75, 3.05) is 13.1 Å². The van der Waals surface area contributed by atoms with Gasteiger partial charge in [0, 0.05) is 50.4 Å². The molecule has 2 aliphatic rings. The van der Waals surface area contributed by atoms with E-state index < -0.39 is 0 Å².